The van der Waals surface area contributed by atoms with Gasteiger partial charge in [0.05, 0.1) is 12.2 Å². The number of carbonyl (C=O) groups is 1. The first kappa shape index (κ1) is 24.1. The monoisotopic (exact) mass is 356 g/mol. The Hall–Kier alpha value is -0.870. The standard InChI is InChI=1S/C21H40O4/c1-19(22)20(23)17-15-13-11-9-7-5-3-2-4-6-8-10-12-14-16-18-21(24)25/h2,4,19-20,22-23H,3,5-18H2,1H3,(H,24,25). The number of aliphatic hydroxyl groups excluding tert-OH is 2. The Morgan fingerprint density at radius 3 is 1.68 bits per heavy atom. The zero-order valence-corrected chi connectivity index (χ0v) is 16.2. The second-order valence-corrected chi connectivity index (χ2v) is 7.18. The largest absolute Gasteiger partial charge is 0.481 e. The molecule has 25 heavy (non-hydrogen) atoms. The van der Waals surface area contributed by atoms with Crippen LogP contribution in [0.2, 0.25) is 0 Å². The molecular weight excluding hydrogens is 316 g/mol. The van der Waals surface area contributed by atoms with E-state index in [4.69, 9.17) is 5.11 Å². The summed E-state index contributed by atoms with van der Waals surface area (Å²) in [6, 6.07) is 0. The highest BCUT2D eigenvalue weighted by molar-refractivity contribution is 5.66. The van der Waals surface area contributed by atoms with Gasteiger partial charge in [-0.3, -0.25) is 4.79 Å². The lowest BCUT2D eigenvalue weighted by atomic mass is 10.0. The number of carboxylic acids is 1. The van der Waals surface area contributed by atoms with E-state index in [1.165, 1.54) is 44.9 Å². The number of rotatable bonds is 18. The first-order valence-corrected chi connectivity index (χ1v) is 10.3. The highest BCUT2D eigenvalue weighted by atomic mass is 16.4. The molecule has 3 N–H and O–H groups in total. The molecule has 0 saturated heterocycles. The van der Waals surface area contributed by atoms with Crippen molar-refractivity contribution < 1.29 is 20.1 Å². The van der Waals surface area contributed by atoms with E-state index in [9.17, 15) is 15.0 Å². The van der Waals surface area contributed by atoms with Crippen molar-refractivity contribution in [2.75, 3.05) is 0 Å². The minimum Gasteiger partial charge on any atom is -0.481 e. The van der Waals surface area contributed by atoms with Gasteiger partial charge in [-0.15, -0.1) is 0 Å². The van der Waals surface area contributed by atoms with Crippen molar-refractivity contribution in [3.63, 3.8) is 0 Å². The van der Waals surface area contributed by atoms with Crippen molar-refractivity contribution in [2.24, 2.45) is 0 Å². The van der Waals surface area contributed by atoms with Crippen LogP contribution in [-0.4, -0.2) is 33.5 Å². The lowest BCUT2D eigenvalue weighted by Crippen LogP contribution is -2.21. The Morgan fingerprint density at radius 1 is 0.760 bits per heavy atom. The number of hydrogen-bond acceptors (Lipinski definition) is 3. The fraction of sp³-hybridized carbons (Fsp3) is 0.857. The van der Waals surface area contributed by atoms with Gasteiger partial charge in [0.25, 0.3) is 0 Å². The second kappa shape index (κ2) is 17.9. The highest BCUT2D eigenvalue weighted by Crippen LogP contribution is 2.12. The zero-order valence-electron chi connectivity index (χ0n) is 16.2. The van der Waals surface area contributed by atoms with Crippen LogP contribution in [0.5, 0.6) is 0 Å². The van der Waals surface area contributed by atoms with Crippen molar-refractivity contribution >= 4 is 5.97 Å². The number of aliphatic carboxylic acids is 1. The van der Waals surface area contributed by atoms with Crippen molar-refractivity contribution in [1.82, 2.24) is 0 Å². The van der Waals surface area contributed by atoms with E-state index in [-0.39, 0.29) is 0 Å². The van der Waals surface area contributed by atoms with Crippen LogP contribution in [0.25, 0.3) is 0 Å². The summed E-state index contributed by atoms with van der Waals surface area (Å²) in [4.78, 5) is 10.4. The fourth-order valence-corrected chi connectivity index (χ4v) is 2.87. The number of carboxylic acid groups (broad SMARTS) is 1. The molecule has 2 unspecified atom stereocenters. The van der Waals surface area contributed by atoms with Gasteiger partial charge in [-0.2, -0.15) is 0 Å². The normalized spacial score (nSPS) is 14.0. The van der Waals surface area contributed by atoms with Crippen LogP contribution >= 0.6 is 0 Å². The molecule has 0 fully saturated rings. The van der Waals surface area contributed by atoms with E-state index in [0.29, 0.717) is 12.8 Å². The van der Waals surface area contributed by atoms with Crippen molar-refractivity contribution in [3.05, 3.63) is 12.2 Å². The smallest absolute Gasteiger partial charge is 0.303 e. The minimum atomic E-state index is -0.682. The van der Waals surface area contributed by atoms with Crippen molar-refractivity contribution in [3.8, 4) is 0 Å². The summed E-state index contributed by atoms with van der Waals surface area (Å²) in [5, 5.41) is 27.2. The predicted octanol–water partition coefficient (Wildman–Crippen LogP) is 5.22. The van der Waals surface area contributed by atoms with Gasteiger partial charge in [0.1, 0.15) is 0 Å². The van der Waals surface area contributed by atoms with Gasteiger partial charge < -0.3 is 15.3 Å². The molecule has 2 atom stereocenters. The SMILES string of the molecule is CC(O)C(O)CCCCCCCCC=CCCCCCCCC(=O)O. The van der Waals surface area contributed by atoms with E-state index >= 15 is 0 Å². The molecule has 0 saturated carbocycles. The van der Waals surface area contributed by atoms with E-state index in [1.54, 1.807) is 6.92 Å². The van der Waals surface area contributed by atoms with Crippen molar-refractivity contribution in [1.29, 1.82) is 0 Å². The van der Waals surface area contributed by atoms with E-state index in [0.717, 1.165) is 38.5 Å². The average molecular weight is 357 g/mol. The van der Waals surface area contributed by atoms with Gasteiger partial charge >= 0.3 is 5.97 Å². The maximum Gasteiger partial charge on any atom is 0.303 e. The molecule has 0 bridgehead atoms. The topological polar surface area (TPSA) is 77.8 Å². The number of unbranched alkanes of at least 4 members (excludes halogenated alkanes) is 11. The number of allylic oxidation sites excluding steroid dienone is 2. The minimum absolute atomic E-state index is 0.309. The quantitative estimate of drug-likeness (QED) is 0.232. The molecular formula is C21H40O4. The lowest BCUT2D eigenvalue weighted by Gasteiger charge is -2.12. The molecule has 0 aliphatic rings. The molecule has 0 aliphatic heterocycles. The molecule has 148 valence electrons. The Kier molecular flexibility index (Phi) is 17.3. The van der Waals surface area contributed by atoms with Crippen LogP contribution in [0, 0.1) is 0 Å². The summed E-state index contributed by atoms with van der Waals surface area (Å²) < 4.78 is 0. The predicted molar refractivity (Wildman–Crippen MR) is 104 cm³/mol. The van der Waals surface area contributed by atoms with Gasteiger partial charge in [-0.1, -0.05) is 63.5 Å². The summed E-state index contributed by atoms with van der Waals surface area (Å²) in [6.45, 7) is 1.64. The molecule has 0 spiro atoms. The third-order valence-corrected chi connectivity index (χ3v) is 4.61. The van der Waals surface area contributed by atoms with Gasteiger partial charge in [-0.25, -0.2) is 0 Å². The second-order valence-electron chi connectivity index (χ2n) is 7.18. The van der Waals surface area contributed by atoms with Crippen LogP contribution in [0.1, 0.15) is 103 Å². The summed E-state index contributed by atoms with van der Waals surface area (Å²) >= 11 is 0. The summed E-state index contributed by atoms with van der Waals surface area (Å²) in [7, 11) is 0. The van der Waals surface area contributed by atoms with Gasteiger partial charge in [0.2, 0.25) is 0 Å². The Labute approximate surface area is 154 Å². The molecule has 0 amide bonds. The molecule has 0 aromatic carbocycles. The van der Waals surface area contributed by atoms with E-state index < -0.39 is 18.2 Å². The maximum absolute atomic E-state index is 10.4. The van der Waals surface area contributed by atoms with Crippen molar-refractivity contribution in [2.45, 2.75) is 115 Å². The Bertz CT molecular complexity index is 326. The first-order chi connectivity index (χ1) is 12.0. The van der Waals surface area contributed by atoms with Gasteiger partial charge in [0, 0.05) is 6.42 Å². The zero-order chi connectivity index (χ0) is 18.8. The lowest BCUT2D eigenvalue weighted by molar-refractivity contribution is -0.137. The number of hydrogen-bond donors (Lipinski definition) is 3. The van der Waals surface area contributed by atoms with Gasteiger partial charge in [0.15, 0.2) is 0 Å². The van der Waals surface area contributed by atoms with Crippen LogP contribution < -0.4 is 0 Å². The summed E-state index contributed by atoms with van der Waals surface area (Å²) in [5.74, 6) is -0.682. The number of aliphatic hydroxyl groups is 2. The first-order valence-electron chi connectivity index (χ1n) is 10.3. The molecule has 4 heteroatoms. The van der Waals surface area contributed by atoms with Crippen LogP contribution in [0.4, 0.5) is 0 Å². The van der Waals surface area contributed by atoms with E-state index in [1.807, 2.05) is 0 Å². The molecule has 0 radical (unpaired) electrons. The molecule has 0 heterocycles. The third kappa shape index (κ3) is 19.3. The summed E-state index contributed by atoms with van der Waals surface area (Å²) in [6.07, 6.45) is 19.3. The third-order valence-electron chi connectivity index (χ3n) is 4.61. The van der Waals surface area contributed by atoms with E-state index in [2.05, 4.69) is 12.2 Å². The van der Waals surface area contributed by atoms with Gasteiger partial charge in [-0.05, 0) is 45.4 Å². The fourth-order valence-electron chi connectivity index (χ4n) is 2.87. The van der Waals surface area contributed by atoms with Crippen LogP contribution in [0.15, 0.2) is 12.2 Å². The Balaban J connectivity index is 3.17. The molecule has 4 nitrogen and oxygen atoms in total. The maximum atomic E-state index is 10.4. The Morgan fingerprint density at radius 2 is 1.20 bits per heavy atom. The molecule has 0 aliphatic carbocycles. The average Bonchev–Trinajstić information content (AvgIpc) is 2.57. The van der Waals surface area contributed by atoms with Crippen LogP contribution in [0.3, 0.4) is 0 Å². The van der Waals surface area contributed by atoms with Crippen LogP contribution in [-0.2, 0) is 4.79 Å². The summed E-state index contributed by atoms with van der Waals surface area (Å²) in [5.41, 5.74) is 0. The highest BCUT2D eigenvalue weighted by Gasteiger charge is 2.09. The molecule has 0 aromatic heterocycles. The molecule has 0 aromatic rings. The molecule has 0 rings (SSSR count).